The van der Waals surface area contributed by atoms with Crippen LogP contribution in [0.5, 0.6) is 11.5 Å². The molecule has 19 heavy (non-hydrogen) atoms. The predicted molar refractivity (Wildman–Crippen MR) is 70.6 cm³/mol. The van der Waals surface area contributed by atoms with Crippen LogP contribution in [0.3, 0.4) is 0 Å². The van der Waals surface area contributed by atoms with Gasteiger partial charge >= 0.3 is 5.97 Å². The molecule has 0 radical (unpaired) electrons. The number of hydrogen-bond acceptors (Lipinski definition) is 4. The molecule has 0 spiro atoms. The number of nitrogens with two attached hydrogens (primary N) is 1. The van der Waals surface area contributed by atoms with Crippen molar-refractivity contribution in [3.05, 3.63) is 23.3 Å². The summed E-state index contributed by atoms with van der Waals surface area (Å²) in [5.41, 5.74) is 7.89. The van der Waals surface area contributed by atoms with Gasteiger partial charge in [-0.25, -0.2) is 0 Å². The molecule has 104 valence electrons. The van der Waals surface area contributed by atoms with Gasteiger partial charge in [-0.05, 0) is 30.5 Å². The SMILES string of the molecule is Cc1cc(C(N)CCC(=O)O)cc2c1OCCCO2. The third kappa shape index (κ3) is 3.38. The van der Waals surface area contributed by atoms with Gasteiger partial charge in [0.25, 0.3) is 0 Å². The van der Waals surface area contributed by atoms with Crippen LogP contribution < -0.4 is 15.2 Å². The number of benzene rings is 1. The molecular formula is C14H19NO4. The summed E-state index contributed by atoms with van der Waals surface area (Å²) >= 11 is 0. The number of carbonyl (C=O) groups is 1. The van der Waals surface area contributed by atoms with Crippen molar-refractivity contribution >= 4 is 5.97 Å². The van der Waals surface area contributed by atoms with Gasteiger partial charge in [0.1, 0.15) is 0 Å². The Morgan fingerprint density at radius 2 is 2.16 bits per heavy atom. The van der Waals surface area contributed by atoms with Gasteiger partial charge in [-0.15, -0.1) is 0 Å². The summed E-state index contributed by atoms with van der Waals surface area (Å²) in [6.07, 6.45) is 1.33. The first-order valence-corrected chi connectivity index (χ1v) is 6.45. The first-order valence-electron chi connectivity index (χ1n) is 6.45. The molecule has 1 heterocycles. The van der Waals surface area contributed by atoms with E-state index in [1.165, 1.54) is 0 Å². The fraction of sp³-hybridized carbons (Fsp3) is 0.500. The van der Waals surface area contributed by atoms with Gasteiger partial charge in [-0.3, -0.25) is 4.79 Å². The van der Waals surface area contributed by atoms with Crippen molar-refractivity contribution in [1.29, 1.82) is 0 Å². The first-order chi connectivity index (χ1) is 9.08. The van der Waals surface area contributed by atoms with Gasteiger partial charge < -0.3 is 20.3 Å². The average molecular weight is 265 g/mol. The summed E-state index contributed by atoms with van der Waals surface area (Å²) in [4.78, 5) is 10.6. The fourth-order valence-electron chi connectivity index (χ4n) is 2.14. The van der Waals surface area contributed by atoms with Crippen molar-refractivity contribution in [1.82, 2.24) is 0 Å². The second-order valence-electron chi connectivity index (χ2n) is 4.75. The summed E-state index contributed by atoms with van der Waals surface area (Å²) < 4.78 is 11.3. The molecule has 0 bridgehead atoms. The van der Waals surface area contributed by atoms with Crippen LogP contribution in [0.2, 0.25) is 0 Å². The molecule has 0 aromatic heterocycles. The van der Waals surface area contributed by atoms with Crippen molar-refractivity contribution in [3.63, 3.8) is 0 Å². The maximum absolute atomic E-state index is 10.6. The Bertz CT molecular complexity index is 473. The number of carboxylic acid groups (broad SMARTS) is 1. The molecule has 1 unspecified atom stereocenters. The second kappa shape index (κ2) is 5.93. The minimum atomic E-state index is -0.832. The van der Waals surface area contributed by atoms with Crippen LogP contribution in [0.1, 0.15) is 36.4 Å². The Kier molecular flexibility index (Phi) is 4.27. The van der Waals surface area contributed by atoms with Crippen LogP contribution in [0.4, 0.5) is 0 Å². The Labute approximate surface area is 112 Å². The van der Waals surface area contributed by atoms with E-state index >= 15 is 0 Å². The molecule has 1 aliphatic heterocycles. The molecule has 1 aliphatic rings. The molecule has 2 rings (SSSR count). The van der Waals surface area contributed by atoms with E-state index in [1.807, 2.05) is 19.1 Å². The van der Waals surface area contributed by atoms with E-state index in [-0.39, 0.29) is 12.5 Å². The number of aliphatic carboxylic acids is 1. The van der Waals surface area contributed by atoms with E-state index in [1.54, 1.807) is 0 Å². The fourth-order valence-corrected chi connectivity index (χ4v) is 2.14. The van der Waals surface area contributed by atoms with Crippen molar-refractivity contribution in [2.45, 2.75) is 32.2 Å². The molecule has 0 aliphatic carbocycles. The summed E-state index contributed by atoms with van der Waals surface area (Å²) in [6, 6.07) is 3.51. The normalized spacial score (nSPS) is 15.7. The molecule has 5 heteroatoms. The Balaban J connectivity index is 2.20. The average Bonchev–Trinajstić information content (AvgIpc) is 2.61. The van der Waals surface area contributed by atoms with Gasteiger partial charge in [0.2, 0.25) is 0 Å². The number of rotatable bonds is 4. The lowest BCUT2D eigenvalue weighted by Gasteiger charge is -2.16. The molecule has 3 N–H and O–H groups in total. The number of ether oxygens (including phenoxy) is 2. The van der Waals surface area contributed by atoms with Crippen LogP contribution in [-0.4, -0.2) is 24.3 Å². The van der Waals surface area contributed by atoms with E-state index in [4.69, 9.17) is 20.3 Å². The zero-order valence-corrected chi connectivity index (χ0v) is 11.0. The van der Waals surface area contributed by atoms with E-state index in [9.17, 15) is 4.79 Å². The lowest BCUT2D eigenvalue weighted by atomic mass is 10.00. The topological polar surface area (TPSA) is 81.8 Å². The number of fused-ring (bicyclic) bond motifs is 1. The number of carboxylic acids is 1. The molecule has 1 aromatic carbocycles. The Hall–Kier alpha value is -1.75. The molecule has 0 saturated carbocycles. The van der Waals surface area contributed by atoms with E-state index in [2.05, 4.69) is 0 Å². The van der Waals surface area contributed by atoms with E-state index < -0.39 is 5.97 Å². The van der Waals surface area contributed by atoms with Gasteiger partial charge in [0.05, 0.1) is 13.2 Å². The summed E-state index contributed by atoms with van der Waals surface area (Å²) in [7, 11) is 0. The number of hydrogen-bond donors (Lipinski definition) is 2. The van der Waals surface area contributed by atoms with Gasteiger partial charge in [-0.1, -0.05) is 6.07 Å². The highest BCUT2D eigenvalue weighted by molar-refractivity contribution is 5.66. The minimum Gasteiger partial charge on any atom is -0.490 e. The molecular weight excluding hydrogens is 246 g/mol. The smallest absolute Gasteiger partial charge is 0.303 e. The summed E-state index contributed by atoms with van der Waals surface area (Å²) in [6.45, 7) is 3.22. The maximum Gasteiger partial charge on any atom is 0.303 e. The van der Waals surface area contributed by atoms with Crippen molar-refractivity contribution < 1.29 is 19.4 Å². The highest BCUT2D eigenvalue weighted by atomic mass is 16.5. The van der Waals surface area contributed by atoms with Crippen molar-refractivity contribution in [2.75, 3.05) is 13.2 Å². The van der Waals surface area contributed by atoms with Crippen LogP contribution in [0.15, 0.2) is 12.1 Å². The lowest BCUT2D eigenvalue weighted by molar-refractivity contribution is -0.137. The van der Waals surface area contributed by atoms with Crippen LogP contribution in [0, 0.1) is 6.92 Å². The van der Waals surface area contributed by atoms with Gasteiger partial charge in [0.15, 0.2) is 11.5 Å². The molecule has 1 atom stereocenters. The zero-order chi connectivity index (χ0) is 13.8. The van der Waals surface area contributed by atoms with Crippen LogP contribution in [-0.2, 0) is 4.79 Å². The van der Waals surface area contributed by atoms with Crippen LogP contribution in [0.25, 0.3) is 0 Å². The standard InChI is InChI=1S/C14H19NO4/c1-9-7-10(11(15)3-4-13(16)17)8-12-14(9)19-6-2-5-18-12/h7-8,11H,2-6,15H2,1H3,(H,16,17). The van der Waals surface area contributed by atoms with Crippen molar-refractivity contribution in [2.24, 2.45) is 5.73 Å². The van der Waals surface area contributed by atoms with E-state index in [0.29, 0.717) is 25.4 Å². The molecule has 0 fully saturated rings. The summed E-state index contributed by atoms with van der Waals surface area (Å²) in [5.74, 6) is 0.645. The van der Waals surface area contributed by atoms with Gasteiger partial charge in [0, 0.05) is 18.9 Å². The Morgan fingerprint density at radius 1 is 1.42 bits per heavy atom. The third-order valence-corrected chi connectivity index (χ3v) is 3.15. The van der Waals surface area contributed by atoms with E-state index in [0.717, 1.165) is 23.3 Å². The minimum absolute atomic E-state index is 0.0641. The lowest BCUT2D eigenvalue weighted by Crippen LogP contribution is -2.13. The number of aryl methyl sites for hydroxylation is 1. The Morgan fingerprint density at radius 3 is 2.89 bits per heavy atom. The second-order valence-corrected chi connectivity index (χ2v) is 4.75. The zero-order valence-electron chi connectivity index (χ0n) is 11.0. The highest BCUT2D eigenvalue weighted by Gasteiger charge is 2.17. The summed E-state index contributed by atoms with van der Waals surface area (Å²) in [5, 5.41) is 8.69. The maximum atomic E-state index is 10.6. The van der Waals surface area contributed by atoms with Crippen LogP contribution >= 0.6 is 0 Å². The third-order valence-electron chi connectivity index (χ3n) is 3.15. The monoisotopic (exact) mass is 265 g/mol. The molecule has 1 aromatic rings. The molecule has 5 nitrogen and oxygen atoms in total. The molecule has 0 amide bonds. The first kappa shape index (κ1) is 13.7. The largest absolute Gasteiger partial charge is 0.490 e. The predicted octanol–water partition coefficient (Wildman–Crippen LogP) is 2.02. The van der Waals surface area contributed by atoms with Crippen molar-refractivity contribution in [3.8, 4) is 11.5 Å². The van der Waals surface area contributed by atoms with Gasteiger partial charge in [-0.2, -0.15) is 0 Å². The quantitative estimate of drug-likeness (QED) is 0.870. The highest BCUT2D eigenvalue weighted by Crippen LogP contribution is 2.36. The molecule has 0 saturated heterocycles.